The lowest BCUT2D eigenvalue weighted by atomic mass is 9.96. The van der Waals surface area contributed by atoms with E-state index in [9.17, 15) is 4.79 Å². The molecule has 3 rings (SSSR count). The topological polar surface area (TPSA) is 80.5 Å². The molecule has 7 heteroatoms. The third kappa shape index (κ3) is 2.98. The number of aromatic nitrogens is 1. The van der Waals surface area contributed by atoms with Crippen LogP contribution >= 0.6 is 11.5 Å². The van der Waals surface area contributed by atoms with E-state index in [1.165, 1.54) is 11.5 Å². The lowest BCUT2D eigenvalue weighted by Crippen LogP contribution is -2.44. The van der Waals surface area contributed by atoms with Crippen molar-refractivity contribution in [2.45, 2.75) is 38.3 Å². The second-order valence-corrected chi connectivity index (χ2v) is 6.73. The predicted octanol–water partition coefficient (Wildman–Crippen LogP) is 1.48. The highest BCUT2D eigenvalue weighted by atomic mass is 32.1. The molecule has 0 radical (unpaired) electrons. The van der Waals surface area contributed by atoms with Gasteiger partial charge in [0, 0.05) is 26.2 Å². The number of amides is 1. The molecule has 0 aromatic carbocycles. The fourth-order valence-corrected chi connectivity index (χ4v) is 3.58. The summed E-state index contributed by atoms with van der Waals surface area (Å²) < 4.78 is 9.73. The molecule has 6 nitrogen and oxygen atoms in total. The second-order valence-electron chi connectivity index (χ2n) is 5.98. The molecule has 21 heavy (non-hydrogen) atoms. The summed E-state index contributed by atoms with van der Waals surface area (Å²) >= 11 is 1.31. The van der Waals surface area contributed by atoms with Crippen molar-refractivity contribution >= 4 is 28.3 Å². The monoisotopic (exact) mass is 310 g/mol. The minimum atomic E-state index is -0.0914. The molecule has 2 atom stereocenters. The highest BCUT2D eigenvalue weighted by Gasteiger charge is 2.32. The smallest absolute Gasteiger partial charge is 0.258 e. The standard InChI is InChI=1S/C14H22N4O2S/c1-8-5-6-18(7-10(8)20-2)14-11(12(15)17-21-14)13(19)16-9-3-4-9/h8-10H,3-7H2,1-2H3,(H2,15,17)(H,16,19). The number of methoxy groups -OCH3 is 1. The second kappa shape index (κ2) is 5.81. The Morgan fingerprint density at radius 2 is 2.24 bits per heavy atom. The molecular formula is C14H22N4O2S. The predicted molar refractivity (Wildman–Crippen MR) is 83.8 cm³/mol. The number of ether oxygens (including phenoxy) is 1. The largest absolute Gasteiger partial charge is 0.382 e. The van der Waals surface area contributed by atoms with E-state index in [2.05, 4.69) is 21.5 Å². The van der Waals surface area contributed by atoms with Gasteiger partial charge in [0.2, 0.25) is 0 Å². The summed E-state index contributed by atoms with van der Waals surface area (Å²) in [5.74, 6) is 0.771. The fraction of sp³-hybridized carbons (Fsp3) is 0.714. The average Bonchev–Trinajstić information content (AvgIpc) is 3.19. The van der Waals surface area contributed by atoms with Gasteiger partial charge in [-0.05, 0) is 36.7 Å². The maximum atomic E-state index is 12.4. The van der Waals surface area contributed by atoms with Crippen molar-refractivity contribution in [3.8, 4) is 0 Å². The Morgan fingerprint density at radius 1 is 1.48 bits per heavy atom. The molecule has 2 unspecified atom stereocenters. The van der Waals surface area contributed by atoms with E-state index < -0.39 is 0 Å². The zero-order chi connectivity index (χ0) is 15.0. The van der Waals surface area contributed by atoms with Crippen molar-refractivity contribution in [3.05, 3.63) is 5.56 Å². The highest BCUT2D eigenvalue weighted by molar-refractivity contribution is 7.11. The molecule has 1 aliphatic heterocycles. The van der Waals surface area contributed by atoms with E-state index in [1.807, 2.05) is 0 Å². The lowest BCUT2D eigenvalue weighted by Gasteiger charge is -2.36. The lowest BCUT2D eigenvalue weighted by molar-refractivity contribution is 0.0499. The van der Waals surface area contributed by atoms with Crippen LogP contribution in [0.2, 0.25) is 0 Å². The number of anilines is 2. The van der Waals surface area contributed by atoms with Gasteiger partial charge in [-0.25, -0.2) is 0 Å². The van der Waals surface area contributed by atoms with Crippen molar-refractivity contribution < 1.29 is 9.53 Å². The number of rotatable bonds is 4. The van der Waals surface area contributed by atoms with Gasteiger partial charge in [-0.3, -0.25) is 4.79 Å². The first-order chi connectivity index (χ1) is 10.1. The van der Waals surface area contributed by atoms with Crippen LogP contribution < -0.4 is 16.0 Å². The maximum Gasteiger partial charge on any atom is 0.258 e. The van der Waals surface area contributed by atoms with E-state index in [4.69, 9.17) is 10.5 Å². The van der Waals surface area contributed by atoms with Crippen molar-refractivity contribution in [2.24, 2.45) is 5.92 Å². The van der Waals surface area contributed by atoms with E-state index in [1.54, 1.807) is 7.11 Å². The zero-order valence-corrected chi connectivity index (χ0v) is 13.3. The summed E-state index contributed by atoms with van der Waals surface area (Å²) in [5.41, 5.74) is 6.46. The van der Waals surface area contributed by atoms with Gasteiger partial charge in [-0.1, -0.05) is 6.92 Å². The van der Waals surface area contributed by atoms with Gasteiger partial charge in [0.1, 0.15) is 10.6 Å². The van der Waals surface area contributed by atoms with Crippen LogP contribution in [0.3, 0.4) is 0 Å². The van der Waals surface area contributed by atoms with E-state index >= 15 is 0 Å². The number of nitrogens with one attached hydrogen (secondary N) is 1. The number of hydrogen-bond acceptors (Lipinski definition) is 6. The minimum absolute atomic E-state index is 0.0914. The quantitative estimate of drug-likeness (QED) is 0.880. The number of nitrogens with zero attached hydrogens (tertiary/aromatic N) is 2. The number of nitrogen functional groups attached to an aromatic ring is 1. The minimum Gasteiger partial charge on any atom is -0.382 e. The van der Waals surface area contributed by atoms with Crippen LogP contribution in [0.25, 0.3) is 0 Å². The van der Waals surface area contributed by atoms with Crippen LogP contribution in [0.1, 0.15) is 36.5 Å². The Morgan fingerprint density at radius 3 is 2.90 bits per heavy atom. The molecule has 3 N–H and O–H groups in total. The van der Waals surface area contributed by atoms with Crippen molar-refractivity contribution in [3.63, 3.8) is 0 Å². The van der Waals surface area contributed by atoms with E-state index in [-0.39, 0.29) is 12.0 Å². The Kier molecular flexibility index (Phi) is 4.03. The van der Waals surface area contributed by atoms with Gasteiger partial charge in [-0.15, -0.1) is 0 Å². The van der Waals surface area contributed by atoms with Crippen LogP contribution in [0.4, 0.5) is 10.8 Å². The SMILES string of the molecule is COC1CN(c2snc(N)c2C(=O)NC2CC2)CCC1C. The van der Waals surface area contributed by atoms with Gasteiger partial charge in [0.15, 0.2) is 5.82 Å². The van der Waals surface area contributed by atoms with Crippen molar-refractivity contribution in [1.29, 1.82) is 0 Å². The summed E-state index contributed by atoms with van der Waals surface area (Å²) in [4.78, 5) is 14.6. The fourth-order valence-electron chi connectivity index (χ4n) is 2.73. The molecule has 0 bridgehead atoms. The molecule has 1 saturated heterocycles. The van der Waals surface area contributed by atoms with Crippen LogP contribution in [0, 0.1) is 5.92 Å². The first kappa shape index (κ1) is 14.6. The van der Waals surface area contributed by atoms with Gasteiger partial charge in [0.05, 0.1) is 6.10 Å². The molecule has 1 aromatic rings. The van der Waals surface area contributed by atoms with Crippen LogP contribution in [0.5, 0.6) is 0 Å². The number of carbonyl (C=O) groups excluding carboxylic acids is 1. The van der Waals surface area contributed by atoms with Crippen molar-refractivity contribution in [2.75, 3.05) is 30.8 Å². The van der Waals surface area contributed by atoms with E-state index in [0.29, 0.717) is 23.3 Å². The molecule has 116 valence electrons. The summed E-state index contributed by atoms with van der Waals surface area (Å²) in [6.07, 6.45) is 3.35. The summed E-state index contributed by atoms with van der Waals surface area (Å²) in [5, 5.41) is 3.88. The Balaban J connectivity index is 1.80. The average molecular weight is 310 g/mol. The molecule has 1 aliphatic carbocycles. The third-order valence-corrected chi connectivity index (χ3v) is 5.24. The maximum absolute atomic E-state index is 12.4. The molecule has 1 aromatic heterocycles. The molecule has 2 aliphatic rings. The summed E-state index contributed by atoms with van der Waals surface area (Å²) in [7, 11) is 1.74. The van der Waals surface area contributed by atoms with Crippen LogP contribution in [0.15, 0.2) is 0 Å². The van der Waals surface area contributed by atoms with Crippen molar-refractivity contribution in [1.82, 2.24) is 9.69 Å². The molecule has 2 fully saturated rings. The van der Waals surface area contributed by atoms with Gasteiger partial charge in [0.25, 0.3) is 5.91 Å². The number of hydrogen-bond donors (Lipinski definition) is 2. The molecular weight excluding hydrogens is 288 g/mol. The van der Waals surface area contributed by atoms with Crippen LogP contribution in [-0.4, -0.2) is 42.6 Å². The molecule has 2 heterocycles. The Hall–Kier alpha value is -1.34. The van der Waals surface area contributed by atoms with E-state index in [0.717, 1.165) is 37.4 Å². The van der Waals surface area contributed by atoms with Gasteiger partial charge in [-0.2, -0.15) is 4.37 Å². The van der Waals surface area contributed by atoms with Gasteiger partial charge >= 0.3 is 0 Å². The normalized spacial score (nSPS) is 25.9. The molecule has 1 amide bonds. The number of nitrogens with two attached hydrogens (primary N) is 1. The van der Waals surface area contributed by atoms with Gasteiger partial charge < -0.3 is 20.7 Å². The number of piperidine rings is 1. The summed E-state index contributed by atoms with van der Waals surface area (Å²) in [6, 6.07) is 0.317. The Bertz CT molecular complexity index is 529. The van der Waals surface area contributed by atoms with Crippen LogP contribution in [-0.2, 0) is 4.74 Å². The highest BCUT2D eigenvalue weighted by Crippen LogP contribution is 2.34. The first-order valence-corrected chi connectivity index (χ1v) is 8.21. The Labute approximate surface area is 128 Å². The molecule has 0 spiro atoms. The molecule has 1 saturated carbocycles. The number of carbonyl (C=O) groups is 1. The third-order valence-electron chi connectivity index (χ3n) is 4.32. The summed E-state index contributed by atoms with van der Waals surface area (Å²) in [6.45, 7) is 3.89. The first-order valence-electron chi connectivity index (χ1n) is 7.44. The zero-order valence-electron chi connectivity index (χ0n) is 12.5.